The molecular weight excluding hydrogens is 281 g/mol. The summed E-state index contributed by atoms with van der Waals surface area (Å²) in [7, 11) is 0. The third-order valence-corrected chi connectivity index (χ3v) is 4.45. The van der Waals surface area contributed by atoms with Crippen LogP contribution in [0, 0.1) is 11.7 Å². The summed E-state index contributed by atoms with van der Waals surface area (Å²) in [6, 6.07) is 6.30. The lowest BCUT2D eigenvalue weighted by Crippen LogP contribution is -2.48. The van der Waals surface area contributed by atoms with Gasteiger partial charge >= 0.3 is 0 Å². The maximum Gasteiger partial charge on any atom is 0.252 e. The van der Waals surface area contributed by atoms with Crippen molar-refractivity contribution in [3.63, 3.8) is 0 Å². The maximum atomic E-state index is 13.6. The van der Waals surface area contributed by atoms with Gasteiger partial charge in [0.25, 0.3) is 5.91 Å². The Morgan fingerprint density at radius 1 is 1.32 bits per heavy atom. The van der Waals surface area contributed by atoms with Crippen LogP contribution in [0.15, 0.2) is 24.3 Å². The van der Waals surface area contributed by atoms with E-state index in [-0.39, 0.29) is 11.7 Å². The summed E-state index contributed by atoms with van der Waals surface area (Å²) in [5.74, 6) is 0.478. The number of benzene rings is 1. The number of carbonyl (C=O) groups excluding carboxylic acids is 1. The number of halogens is 1. The molecule has 1 aromatic carbocycles. The molecule has 2 fully saturated rings. The molecule has 0 spiro atoms. The standard InChI is InChI=1S/C17H18FN3O/c18-12-3-4-15-13(5-12)14(6-16(21-15)11-1-2-11)17(22)20-9-10-7-19-8-10/h3-6,10-11,19H,1-2,7-9H2,(H,20,22). The van der Waals surface area contributed by atoms with Gasteiger partial charge in [-0.2, -0.15) is 0 Å². The first-order valence-electron chi connectivity index (χ1n) is 7.80. The second kappa shape index (κ2) is 5.32. The highest BCUT2D eigenvalue weighted by Gasteiger charge is 2.27. The van der Waals surface area contributed by atoms with Gasteiger partial charge in [-0.3, -0.25) is 9.78 Å². The van der Waals surface area contributed by atoms with Crippen LogP contribution in [0.1, 0.15) is 34.8 Å². The van der Waals surface area contributed by atoms with Crippen LogP contribution in [-0.4, -0.2) is 30.5 Å². The highest BCUT2D eigenvalue weighted by Crippen LogP contribution is 2.40. The number of hydrogen-bond acceptors (Lipinski definition) is 3. The molecule has 1 saturated heterocycles. The first-order valence-corrected chi connectivity index (χ1v) is 7.80. The molecule has 1 amide bonds. The molecule has 114 valence electrons. The summed E-state index contributed by atoms with van der Waals surface area (Å²) < 4.78 is 13.6. The molecule has 2 aromatic rings. The zero-order chi connectivity index (χ0) is 15.1. The average Bonchev–Trinajstić information content (AvgIpc) is 3.29. The van der Waals surface area contributed by atoms with Crippen LogP contribution in [0.5, 0.6) is 0 Å². The lowest BCUT2D eigenvalue weighted by molar-refractivity contribution is 0.0943. The van der Waals surface area contributed by atoms with Crippen molar-refractivity contribution >= 4 is 16.8 Å². The van der Waals surface area contributed by atoms with Crippen molar-refractivity contribution in [2.24, 2.45) is 5.92 Å². The van der Waals surface area contributed by atoms with E-state index in [0.717, 1.165) is 31.6 Å². The van der Waals surface area contributed by atoms with E-state index in [1.54, 1.807) is 6.07 Å². The number of amides is 1. The molecule has 1 aliphatic carbocycles. The van der Waals surface area contributed by atoms with Crippen LogP contribution < -0.4 is 10.6 Å². The Bertz CT molecular complexity index is 738. The zero-order valence-electron chi connectivity index (χ0n) is 12.2. The number of fused-ring (bicyclic) bond motifs is 1. The fourth-order valence-corrected chi connectivity index (χ4v) is 2.82. The van der Waals surface area contributed by atoms with E-state index in [4.69, 9.17) is 0 Å². The quantitative estimate of drug-likeness (QED) is 0.910. The third kappa shape index (κ3) is 2.57. The molecule has 4 nitrogen and oxygen atoms in total. The first-order chi connectivity index (χ1) is 10.7. The Balaban J connectivity index is 1.69. The summed E-state index contributed by atoms with van der Waals surface area (Å²) in [5.41, 5.74) is 2.19. The largest absolute Gasteiger partial charge is 0.352 e. The van der Waals surface area contributed by atoms with Gasteiger partial charge in [0.15, 0.2) is 0 Å². The molecule has 0 bridgehead atoms. The number of hydrogen-bond donors (Lipinski definition) is 2. The van der Waals surface area contributed by atoms with Crippen molar-refractivity contribution in [2.45, 2.75) is 18.8 Å². The van der Waals surface area contributed by atoms with Crippen LogP contribution in [0.4, 0.5) is 4.39 Å². The number of pyridine rings is 1. The SMILES string of the molecule is O=C(NCC1CNC1)c1cc(C2CC2)nc2ccc(F)cc12. The predicted octanol–water partition coefficient (Wildman–Crippen LogP) is 2.20. The Labute approximate surface area is 128 Å². The van der Waals surface area contributed by atoms with Crippen molar-refractivity contribution in [3.05, 3.63) is 41.3 Å². The molecule has 0 atom stereocenters. The van der Waals surface area contributed by atoms with E-state index in [0.29, 0.717) is 34.8 Å². The van der Waals surface area contributed by atoms with E-state index in [1.165, 1.54) is 12.1 Å². The molecule has 2 N–H and O–H groups in total. The van der Waals surface area contributed by atoms with Gasteiger partial charge in [-0.15, -0.1) is 0 Å². The van der Waals surface area contributed by atoms with Gasteiger partial charge < -0.3 is 10.6 Å². The average molecular weight is 299 g/mol. The highest BCUT2D eigenvalue weighted by atomic mass is 19.1. The van der Waals surface area contributed by atoms with Gasteiger partial charge in [-0.25, -0.2) is 4.39 Å². The fourth-order valence-electron chi connectivity index (χ4n) is 2.82. The Kier molecular flexibility index (Phi) is 3.30. The number of rotatable bonds is 4. The van der Waals surface area contributed by atoms with Crippen LogP contribution in [-0.2, 0) is 0 Å². The lowest BCUT2D eigenvalue weighted by Gasteiger charge is -2.27. The van der Waals surface area contributed by atoms with Gasteiger partial charge in [0.1, 0.15) is 5.82 Å². The summed E-state index contributed by atoms with van der Waals surface area (Å²) in [5, 5.41) is 6.74. The molecule has 2 aliphatic rings. The fraction of sp³-hybridized carbons (Fsp3) is 0.412. The summed E-state index contributed by atoms with van der Waals surface area (Å²) >= 11 is 0. The van der Waals surface area contributed by atoms with E-state index in [9.17, 15) is 9.18 Å². The topological polar surface area (TPSA) is 54.0 Å². The van der Waals surface area contributed by atoms with E-state index in [2.05, 4.69) is 15.6 Å². The van der Waals surface area contributed by atoms with E-state index in [1.807, 2.05) is 6.07 Å². The van der Waals surface area contributed by atoms with Crippen LogP contribution in [0.25, 0.3) is 10.9 Å². The number of nitrogens with zero attached hydrogens (tertiary/aromatic N) is 1. The molecule has 4 rings (SSSR count). The molecule has 0 unspecified atom stereocenters. The lowest BCUT2D eigenvalue weighted by atomic mass is 10.0. The van der Waals surface area contributed by atoms with Crippen molar-refractivity contribution in [3.8, 4) is 0 Å². The molecule has 1 saturated carbocycles. The Morgan fingerprint density at radius 2 is 2.14 bits per heavy atom. The predicted molar refractivity (Wildman–Crippen MR) is 82.4 cm³/mol. The van der Waals surface area contributed by atoms with Gasteiger partial charge in [0.05, 0.1) is 11.1 Å². The Hall–Kier alpha value is -2.01. The minimum absolute atomic E-state index is 0.133. The summed E-state index contributed by atoms with van der Waals surface area (Å²) in [6.45, 7) is 2.54. The Morgan fingerprint density at radius 3 is 2.82 bits per heavy atom. The van der Waals surface area contributed by atoms with Crippen molar-refractivity contribution in [1.82, 2.24) is 15.6 Å². The second-order valence-corrected chi connectivity index (χ2v) is 6.26. The highest BCUT2D eigenvalue weighted by molar-refractivity contribution is 6.06. The smallest absolute Gasteiger partial charge is 0.252 e. The van der Waals surface area contributed by atoms with Crippen LogP contribution in [0.3, 0.4) is 0 Å². The minimum atomic E-state index is -0.342. The number of aromatic nitrogens is 1. The van der Waals surface area contributed by atoms with Gasteiger partial charge in [0.2, 0.25) is 0 Å². The molecule has 1 aliphatic heterocycles. The zero-order valence-corrected chi connectivity index (χ0v) is 12.2. The maximum absolute atomic E-state index is 13.6. The summed E-state index contributed by atoms with van der Waals surface area (Å²) in [4.78, 5) is 17.1. The van der Waals surface area contributed by atoms with Crippen molar-refractivity contribution < 1.29 is 9.18 Å². The van der Waals surface area contributed by atoms with Crippen molar-refractivity contribution in [1.29, 1.82) is 0 Å². The minimum Gasteiger partial charge on any atom is -0.352 e. The molecular formula is C17H18FN3O. The molecule has 5 heteroatoms. The van der Waals surface area contributed by atoms with E-state index < -0.39 is 0 Å². The van der Waals surface area contributed by atoms with Gasteiger partial charge in [-0.1, -0.05) is 0 Å². The van der Waals surface area contributed by atoms with Crippen LogP contribution in [0.2, 0.25) is 0 Å². The van der Waals surface area contributed by atoms with Crippen LogP contribution >= 0.6 is 0 Å². The summed E-state index contributed by atoms with van der Waals surface area (Å²) in [6.07, 6.45) is 2.24. The van der Waals surface area contributed by atoms with Crippen molar-refractivity contribution in [2.75, 3.05) is 19.6 Å². The number of nitrogens with one attached hydrogen (secondary N) is 2. The molecule has 1 aromatic heterocycles. The number of carbonyl (C=O) groups is 1. The third-order valence-electron chi connectivity index (χ3n) is 4.45. The molecule has 2 heterocycles. The normalized spacial score (nSPS) is 18.2. The van der Waals surface area contributed by atoms with E-state index >= 15 is 0 Å². The van der Waals surface area contributed by atoms with Gasteiger partial charge in [0, 0.05) is 42.6 Å². The van der Waals surface area contributed by atoms with Gasteiger partial charge in [-0.05, 0) is 37.1 Å². The monoisotopic (exact) mass is 299 g/mol. The molecule has 22 heavy (non-hydrogen) atoms. The molecule has 0 radical (unpaired) electrons. The second-order valence-electron chi connectivity index (χ2n) is 6.26. The first kappa shape index (κ1) is 13.6.